The average molecular weight is 303 g/mol. The second-order valence-electron chi connectivity index (χ2n) is 6.05. The largest absolute Gasteiger partial charge is 0.350 e. The lowest BCUT2D eigenvalue weighted by molar-refractivity contribution is -0.120. The standard InChI is InChI=1S/C17H25N3O2/c1-4-15(9-14-7-5-12(2)6-8-14)19-17(22)20-10-16(11-20)18-13(3)21/h5-8,15-16H,4,9-11H2,1-3H3,(H,18,21)(H,19,22). The molecule has 1 aromatic rings. The zero-order valence-electron chi connectivity index (χ0n) is 13.6. The van der Waals surface area contributed by atoms with Crippen LogP contribution in [0, 0.1) is 6.92 Å². The maximum Gasteiger partial charge on any atom is 0.317 e. The molecule has 1 aliphatic heterocycles. The molecule has 2 rings (SSSR count). The number of hydrogen-bond acceptors (Lipinski definition) is 2. The lowest BCUT2D eigenvalue weighted by atomic mass is 10.0. The third-order valence-corrected chi connectivity index (χ3v) is 4.00. The number of carbonyl (C=O) groups is 2. The Labute approximate surface area is 132 Å². The molecular weight excluding hydrogens is 278 g/mol. The van der Waals surface area contributed by atoms with Crippen LogP contribution in [0.15, 0.2) is 24.3 Å². The van der Waals surface area contributed by atoms with Crippen LogP contribution in [0.5, 0.6) is 0 Å². The van der Waals surface area contributed by atoms with Crippen molar-refractivity contribution in [2.75, 3.05) is 13.1 Å². The van der Waals surface area contributed by atoms with Gasteiger partial charge in [0.05, 0.1) is 6.04 Å². The second kappa shape index (κ2) is 7.29. The molecule has 1 saturated heterocycles. The smallest absolute Gasteiger partial charge is 0.317 e. The van der Waals surface area contributed by atoms with Crippen molar-refractivity contribution in [1.29, 1.82) is 0 Å². The second-order valence-corrected chi connectivity index (χ2v) is 6.05. The van der Waals surface area contributed by atoms with Crippen molar-refractivity contribution < 1.29 is 9.59 Å². The molecule has 0 aliphatic carbocycles. The quantitative estimate of drug-likeness (QED) is 0.872. The van der Waals surface area contributed by atoms with Gasteiger partial charge in [-0.05, 0) is 25.3 Å². The Morgan fingerprint density at radius 3 is 2.45 bits per heavy atom. The van der Waals surface area contributed by atoms with Crippen LogP contribution < -0.4 is 10.6 Å². The number of urea groups is 1. The predicted octanol–water partition coefficient (Wildman–Crippen LogP) is 1.85. The molecule has 1 heterocycles. The highest BCUT2D eigenvalue weighted by atomic mass is 16.2. The van der Waals surface area contributed by atoms with E-state index in [1.807, 2.05) is 0 Å². The number of nitrogens with one attached hydrogen (secondary N) is 2. The summed E-state index contributed by atoms with van der Waals surface area (Å²) < 4.78 is 0. The van der Waals surface area contributed by atoms with Crippen LogP contribution in [0.4, 0.5) is 4.79 Å². The normalized spacial score (nSPS) is 15.9. The molecule has 0 saturated carbocycles. The summed E-state index contributed by atoms with van der Waals surface area (Å²) in [5.74, 6) is -0.0455. The van der Waals surface area contributed by atoms with E-state index in [4.69, 9.17) is 0 Å². The number of hydrogen-bond donors (Lipinski definition) is 2. The van der Waals surface area contributed by atoms with Crippen LogP contribution >= 0.6 is 0 Å². The van der Waals surface area contributed by atoms with E-state index in [2.05, 4.69) is 48.7 Å². The van der Waals surface area contributed by atoms with Crippen LogP contribution in [0.25, 0.3) is 0 Å². The predicted molar refractivity (Wildman–Crippen MR) is 86.7 cm³/mol. The molecule has 5 heteroatoms. The topological polar surface area (TPSA) is 61.4 Å². The van der Waals surface area contributed by atoms with Gasteiger partial charge in [-0.15, -0.1) is 0 Å². The molecule has 0 spiro atoms. The van der Waals surface area contributed by atoms with Gasteiger partial charge in [-0.3, -0.25) is 4.79 Å². The lowest BCUT2D eigenvalue weighted by Gasteiger charge is -2.40. The molecule has 1 atom stereocenters. The van der Waals surface area contributed by atoms with E-state index >= 15 is 0 Å². The van der Waals surface area contributed by atoms with Crippen molar-refractivity contribution in [3.63, 3.8) is 0 Å². The first-order chi connectivity index (χ1) is 10.5. The average Bonchev–Trinajstić information content (AvgIpc) is 2.43. The van der Waals surface area contributed by atoms with Gasteiger partial charge in [0.1, 0.15) is 0 Å². The van der Waals surface area contributed by atoms with Crippen LogP contribution in [0.2, 0.25) is 0 Å². The van der Waals surface area contributed by atoms with Crippen molar-refractivity contribution in [2.24, 2.45) is 0 Å². The maximum absolute atomic E-state index is 12.2. The number of amides is 3. The van der Waals surface area contributed by atoms with Gasteiger partial charge in [0.15, 0.2) is 0 Å². The van der Waals surface area contributed by atoms with Gasteiger partial charge < -0.3 is 15.5 Å². The first-order valence-corrected chi connectivity index (χ1v) is 7.86. The highest BCUT2D eigenvalue weighted by Gasteiger charge is 2.31. The molecule has 0 aromatic heterocycles. The number of rotatable bonds is 5. The van der Waals surface area contributed by atoms with E-state index < -0.39 is 0 Å². The first kappa shape index (κ1) is 16.3. The van der Waals surface area contributed by atoms with Crippen LogP contribution in [-0.2, 0) is 11.2 Å². The van der Waals surface area contributed by atoms with Gasteiger partial charge >= 0.3 is 6.03 Å². The highest BCUT2D eigenvalue weighted by molar-refractivity contribution is 5.77. The molecule has 5 nitrogen and oxygen atoms in total. The zero-order valence-corrected chi connectivity index (χ0v) is 13.6. The monoisotopic (exact) mass is 303 g/mol. The molecule has 1 unspecified atom stereocenters. The summed E-state index contributed by atoms with van der Waals surface area (Å²) in [7, 11) is 0. The Hall–Kier alpha value is -2.04. The van der Waals surface area contributed by atoms with Crippen molar-refractivity contribution >= 4 is 11.9 Å². The molecule has 1 aliphatic rings. The Kier molecular flexibility index (Phi) is 5.41. The molecule has 0 radical (unpaired) electrons. The summed E-state index contributed by atoms with van der Waals surface area (Å²) in [5.41, 5.74) is 2.47. The molecule has 22 heavy (non-hydrogen) atoms. The number of likely N-dealkylation sites (tertiary alicyclic amines) is 1. The summed E-state index contributed by atoms with van der Waals surface area (Å²) in [5, 5.41) is 5.90. The Morgan fingerprint density at radius 1 is 1.27 bits per heavy atom. The summed E-state index contributed by atoms with van der Waals surface area (Å²) in [6.45, 7) is 6.82. The van der Waals surface area contributed by atoms with Gasteiger partial charge in [-0.1, -0.05) is 36.8 Å². The highest BCUT2D eigenvalue weighted by Crippen LogP contribution is 2.11. The summed E-state index contributed by atoms with van der Waals surface area (Å²) in [6.07, 6.45) is 1.73. The molecule has 1 fully saturated rings. The molecule has 2 N–H and O–H groups in total. The Balaban J connectivity index is 1.79. The van der Waals surface area contributed by atoms with Crippen LogP contribution in [-0.4, -0.2) is 42.0 Å². The molecule has 3 amide bonds. The van der Waals surface area contributed by atoms with Gasteiger partial charge in [0.25, 0.3) is 0 Å². The third-order valence-electron chi connectivity index (χ3n) is 4.00. The van der Waals surface area contributed by atoms with E-state index in [0.29, 0.717) is 13.1 Å². The van der Waals surface area contributed by atoms with Gasteiger partial charge in [0.2, 0.25) is 5.91 Å². The fourth-order valence-electron chi connectivity index (χ4n) is 2.60. The van der Waals surface area contributed by atoms with Crippen molar-refractivity contribution in [2.45, 2.75) is 45.7 Å². The number of nitrogens with zero attached hydrogens (tertiary/aromatic N) is 1. The van der Waals surface area contributed by atoms with Gasteiger partial charge in [-0.2, -0.15) is 0 Å². The van der Waals surface area contributed by atoms with Crippen molar-refractivity contribution in [1.82, 2.24) is 15.5 Å². The van der Waals surface area contributed by atoms with E-state index in [1.165, 1.54) is 18.1 Å². The number of carbonyl (C=O) groups excluding carboxylic acids is 2. The first-order valence-electron chi connectivity index (χ1n) is 7.86. The van der Waals surface area contributed by atoms with Gasteiger partial charge in [-0.25, -0.2) is 4.79 Å². The number of benzene rings is 1. The third kappa shape index (κ3) is 4.48. The summed E-state index contributed by atoms with van der Waals surface area (Å²) in [6, 6.07) is 8.60. The van der Waals surface area contributed by atoms with E-state index in [1.54, 1.807) is 4.90 Å². The van der Waals surface area contributed by atoms with Crippen molar-refractivity contribution in [3.05, 3.63) is 35.4 Å². The number of aryl methyl sites for hydroxylation is 1. The Morgan fingerprint density at radius 2 is 1.91 bits per heavy atom. The summed E-state index contributed by atoms with van der Waals surface area (Å²) in [4.78, 5) is 24.9. The van der Waals surface area contributed by atoms with E-state index in [0.717, 1.165) is 12.8 Å². The van der Waals surface area contributed by atoms with E-state index in [9.17, 15) is 9.59 Å². The van der Waals surface area contributed by atoms with Crippen LogP contribution in [0.3, 0.4) is 0 Å². The minimum atomic E-state index is -0.0455. The minimum absolute atomic E-state index is 0.0411. The van der Waals surface area contributed by atoms with E-state index in [-0.39, 0.29) is 24.0 Å². The molecular formula is C17H25N3O2. The Bertz CT molecular complexity index is 521. The molecule has 0 bridgehead atoms. The fourth-order valence-corrected chi connectivity index (χ4v) is 2.60. The molecule has 120 valence electrons. The lowest BCUT2D eigenvalue weighted by Crippen LogP contribution is -2.63. The molecule has 1 aromatic carbocycles. The van der Waals surface area contributed by atoms with Gasteiger partial charge in [0, 0.05) is 26.1 Å². The van der Waals surface area contributed by atoms with Crippen molar-refractivity contribution in [3.8, 4) is 0 Å². The zero-order chi connectivity index (χ0) is 16.1. The summed E-state index contributed by atoms with van der Waals surface area (Å²) >= 11 is 0. The fraction of sp³-hybridized carbons (Fsp3) is 0.529. The SMILES string of the molecule is CCC(Cc1ccc(C)cc1)NC(=O)N1CC(NC(C)=O)C1. The van der Waals surface area contributed by atoms with Crippen LogP contribution in [0.1, 0.15) is 31.4 Å². The maximum atomic E-state index is 12.2. The minimum Gasteiger partial charge on any atom is -0.350 e.